The van der Waals surface area contributed by atoms with Gasteiger partial charge in [0, 0.05) is 0 Å². The lowest BCUT2D eigenvalue weighted by Gasteiger charge is -2.10. The number of imidazole rings is 1. The minimum Gasteiger partial charge on any atom is -0.330 e. The van der Waals surface area contributed by atoms with Gasteiger partial charge in [0.1, 0.15) is 11.2 Å². The molecule has 0 saturated carbocycles. The van der Waals surface area contributed by atoms with Gasteiger partial charge in [-0.3, -0.25) is 0 Å². The Balaban J connectivity index is 2.19. The van der Waals surface area contributed by atoms with Crippen LogP contribution >= 0.6 is 24.0 Å². The zero-order valence-corrected chi connectivity index (χ0v) is 9.64. The van der Waals surface area contributed by atoms with Crippen molar-refractivity contribution in [2.24, 2.45) is 0 Å². The molecule has 1 aliphatic heterocycles. The summed E-state index contributed by atoms with van der Waals surface area (Å²) >= 11 is 7.10. The molecule has 4 nitrogen and oxygen atoms in total. The molecule has 1 N–H and O–H groups in total. The van der Waals surface area contributed by atoms with Crippen LogP contribution in [0.5, 0.6) is 0 Å². The average Bonchev–Trinajstić information content (AvgIpc) is 2.85. The number of fused-ring (bicyclic) bond motifs is 1. The number of rotatable bonds is 1. The third-order valence-electron chi connectivity index (χ3n) is 2.60. The first-order chi connectivity index (χ1) is 7.36. The fourth-order valence-electron chi connectivity index (χ4n) is 1.87. The van der Waals surface area contributed by atoms with Crippen molar-refractivity contribution in [3.05, 3.63) is 17.3 Å². The van der Waals surface area contributed by atoms with E-state index in [1.807, 2.05) is 18.1 Å². The molecule has 15 heavy (non-hydrogen) atoms. The lowest BCUT2D eigenvalue weighted by molar-refractivity contribution is 0.654. The van der Waals surface area contributed by atoms with Crippen molar-refractivity contribution < 1.29 is 0 Å². The Morgan fingerprint density at radius 1 is 1.53 bits per heavy atom. The summed E-state index contributed by atoms with van der Waals surface area (Å²) in [5, 5.41) is 0.503. The van der Waals surface area contributed by atoms with Crippen LogP contribution in [0.3, 0.4) is 0 Å². The molecule has 78 valence electrons. The molecule has 0 aliphatic carbocycles. The highest BCUT2D eigenvalue weighted by Gasteiger charge is 2.19. The van der Waals surface area contributed by atoms with Crippen LogP contribution in [0.2, 0.25) is 0 Å². The van der Waals surface area contributed by atoms with Crippen molar-refractivity contribution in [1.29, 1.82) is 0 Å². The number of hydrogen-bond acceptors (Lipinski definition) is 4. The maximum absolute atomic E-state index is 5.13. The molecular weight excluding hydrogens is 228 g/mol. The number of nitrogens with zero attached hydrogens (tertiary/aromatic N) is 3. The van der Waals surface area contributed by atoms with Crippen LogP contribution in [0.15, 0.2) is 12.7 Å². The molecule has 1 unspecified atom stereocenters. The second kappa shape index (κ2) is 3.61. The van der Waals surface area contributed by atoms with Gasteiger partial charge in [0.15, 0.2) is 4.64 Å². The molecule has 2 aromatic heterocycles. The van der Waals surface area contributed by atoms with Crippen molar-refractivity contribution in [3.8, 4) is 0 Å². The molecule has 3 heterocycles. The minimum absolute atomic E-state index is 0.503. The zero-order chi connectivity index (χ0) is 10.3. The number of nitrogens with one attached hydrogen (secondary N) is 1. The summed E-state index contributed by atoms with van der Waals surface area (Å²) in [5.74, 6) is 1.23. The fraction of sp³-hybridized carbons (Fsp3) is 0.444. The topological polar surface area (TPSA) is 46.5 Å². The van der Waals surface area contributed by atoms with Gasteiger partial charge >= 0.3 is 0 Å². The first kappa shape index (κ1) is 9.35. The number of aromatic amines is 1. The van der Waals surface area contributed by atoms with Crippen LogP contribution in [0.1, 0.15) is 18.2 Å². The molecule has 0 bridgehead atoms. The maximum Gasteiger partial charge on any atom is 0.157 e. The van der Waals surface area contributed by atoms with Gasteiger partial charge in [-0.1, -0.05) is 12.2 Å². The van der Waals surface area contributed by atoms with Crippen LogP contribution < -0.4 is 0 Å². The SMILES string of the molecule is S=c1nc[nH]c2c1ncn2C1CCCS1. The number of aromatic nitrogens is 4. The molecule has 1 atom stereocenters. The first-order valence-electron chi connectivity index (χ1n) is 4.88. The highest BCUT2D eigenvalue weighted by molar-refractivity contribution is 7.99. The molecular formula is C9H10N4S2. The van der Waals surface area contributed by atoms with Gasteiger partial charge in [-0.25, -0.2) is 9.97 Å². The summed E-state index contributed by atoms with van der Waals surface area (Å²) in [7, 11) is 0. The highest BCUT2D eigenvalue weighted by Crippen LogP contribution is 2.36. The van der Waals surface area contributed by atoms with E-state index in [4.69, 9.17) is 12.2 Å². The summed E-state index contributed by atoms with van der Waals surface area (Å²) in [4.78, 5) is 11.5. The van der Waals surface area contributed by atoms with Crippen molar-refractivity contribution in [3.63, 3.8) is 0 Å². The smallest absolute Gasteiger partial charge is 0.157 e. The Kier molecular flexibility index (Phi) is 2.25. The van der Waals surface area contributed by atoms with Crippen LogP contribution in [-0.4, -0.2) is 25.3 Å². The zero-order valence-electron chi connectivity index (χ0n) is 8.01. The van der Waals surface area contributed by atoms with E-state index in [0.717, 1.165) is 11.2 Å². The molecule has 3 rings (SSSR count). The fourth-order valence-corrected chi connectivity index (χ4v) is 3.33. The van der Waals surface area contributed by atoms with E-state index in [1.165, 1.54) is 18.6 Å². The lowest BCUT2D eigenvalue weighted by Crippen LogP contribution is -2.00. The van der Waals surface area contributed by atoms with E-state index in [2.05, 4.69) is 19.5 Å². The van der Waals surface area contributed by atoms with E-state index in [0.29, 0.717) is 10.0 Å². The second-order valence-corrected chi connectivity index (χ2v) is 5.20. The number of hydrogen-bond donors (Lipinski definition) is 1. The Labute approximate surface area is 96.1 Å². The first-order valence-corrected chi connectivity index (χ1v) is 6.34. The average molecular weight is 238 g/mol. The van der Waals surface area contributed by atoms with Gasteiger partial charge in [0.2, 0.25) is 0 Å². The highest BCUT2D eigenvalue weighted by atomic mass is 32.2. The predicted molar refractivity (Wildman–Crippen MR) is 63.4 cm³/mol. The van der Waals surface area contributed by atoms with Crippen molar-refractivity contribution >= 4 is 35.1 Å². The van der Waals surface area contributed by atoms with Gasteiger partial charge in [-0.15, -0.1) is 11.8 Å². The van der Waals surface area contributed by atoms with E-state index in [-0.39, 0.29) is 0 Å². The van der Waals surface area contributed by atoms with E-state index in [1.54, 1.807) is 6.33 Å². The van der Waals surface area contributed by atoms with Crippen LogP contribution in [0, 0.1) is 4.64 Å². The summed E-state index contributed by atoms with van der Waals surface area (Å²) in [6, 6.07) is 0. The molecule has 1 aliphatic rings. The van der Waals surface area contributed by atoms with Crippen LogP contribution in [-0.2, 0) is 0 Å². The third-order valence-corrected chi connectivity index (χ3v) is 4.27. The van der Waals surface area contributed by atoms with Gasteiger partial charge in [0.25, 0.3) is 0 Å². The van der Waals surface area contributed by atoms with Crippen molar-refractivity contribution in [2.45, 2.75) is 18.2 Å². The number of H-pyrrole nitrogens is 1. The quantitative estimate of drug-likeness (QED) is 0.775. The van der Waals surface area contributed by atoms with Gasteiger partial charge in [-0.05, 0) is 18.6 Å². The standard InChI is InChI=1S/C9H10N4S2/c14-9-7-8(10-4-11-9)13(5-12-7)6-2-1-3-15-6/h4-6H,1-3H2,(H,10,11,14). The molecule has 6 heteroatoms. The molecule has 1 fully saturated rings. The van der Waals surface area contributed by atoms with Crippen molar-refractivity contribution in [1.82, 2.24) is 19.5 Å². The minimum atomic E-state index is 0.503. The monoisotopic (exact) mass is 238 g/mol. The Bertz CT molecular complexity index is 538. The summed E-state index contributed by atoms with van der Waals surface area (Å²) in [5.41, 5.74) is 1.80. The van der Waals surface area contributed by atoms with Crippen LogP contribution in [0.4, 0.5) is 0 Å². The van der Waals surface area contributed by atoms with E-state index >= 15 is 0 Å². The summed E-state index contributed by atoms with van der Waals surface area (Å²) in [6.45, 7) is 0. The predicted octanol–water partition coefficient (Wildman–Crippen LogP) is 2.51. The lowest BCUT2D eigenvalue weighted by atomic mass is 10.3. The molecule has 0 spiro atoms. The van der Waals surface area contributed by atoms with E-state index in [9.17, 15) is 0 Å². The van der Waals surface area contributed by atoms with Crippen molar-refractivity contribution in [2.75, 3.05) is 5.75 Å². The molecule has 2 aromatic rings. The second-order valence-electron chi connectivity index (χ2n) is 3.52. The molecule has 0 radical (unpaired) electrons. The normalized spacial score (nSPS) is 21.2. The maximum atomic E-state index is 5.13. The largest absolute Gasteiger partial charge is 0.330 e. The Morgan fingerprint density at radius 3 is 3.27 bits per heavy atom. The molecule has 1 saturated heterocycles. The molecule has 0 amide bonds. The number of thioether (sulfide) groups is 1. The van der Waals surface area contributed by atoms with Gasteiger partial charge < -0.3 is 9.55 Å². The molecule has 0 aromatic carbocycles. The summed E-state index contributed by atoms with van der Waals surface area (Å²) in [6.07, 6.45) is 5.99. The van der Waals surface area contributed by atoms with E-state index < -0.39 is 0 Å². The Hall–Kier alpha value is -0.880. The third kappa shape index (κ3) is 1.48. The summed E-state index contributed by atoms with van der Waals surface area (Å²) < 4.78 is 2.75. The van der Waals surface area contributed by atoms with Gasteiger partial charge in [0.05, 0.1) is 18.0 Å². The van der Waals surface area contributed by atoms with Crippen LogP contribution in [0.25, 0.3) is 11.2 Å². The Morgan fingerprint density at radius 2 is 2.47 bits per heavy atom. The van der Waals surface area contributed by atoms with Gasteiger partial charge in [-0.2, -0.15) is 0 Å².